The van der Waals surface area contributed by atoms with Gasteiger partial charge < -0.3 is 15.2 Å². The molecule has 2 aromatic rings. The minimum absolute atomic E-state index is 0.102. The Morgan fingerprint density at radius 1 is 1.15 bits per heavy atom. The zero-order valence-electron chi connectivity index (χ0n) is 10.8. The molecule has 0 amide bonds. The number of aliphatic carboxylic acids is 1. The van der Waals surface area contributed by atoms with Crippen molar-refractivity contribution in [2.24, 2.45) is 0 Å². The lowest BCUT2D eigenvalue weighted by molar-refractivity contribution is -0.304. The van der Waals surface area contributed by atoms with E-state index in [9.17, 15) is 9.90 Å². The zero-order valence-corrected chi connectivity index (χ0v) is 11.7. The molecule has 3 nitrogen and oxygen atoms in total. The van der Waals surface area contributed by atoms with Crippen molar-refractivity contribution in [1.82, 2.24) is 5.32 Å². The van der Waals surface area contributed by atoms with Crippen LogP contribution in [0.3, 0.4) is 0 Å². The van der Waals surface area contributed by atoms with Gasteiger partial charge in [-0.3, -0.25) is 0 Å². The number of carbonyl (C=O) groups excluding carboxylic acids is 1. The average Bonchev–Trinajstić information content (AvgIpc) is 2.62. The number of fused-ring (bicyclic) bond motifs is 2. The molecule has 1 aliphatic heterocycles. The highest BCUT2D eigenvalue weighted by Gasteiger charge is 2.22. The largest absolute Gasteiger partial charge is 0.549 e. The molecule has 1 unspecified atom stereocenters. The standard InChI is InChI=1S/C16H15NO2S/c18-15(19)9-17-16-12-6-2-1-5-11(12)10-20-14-8-4-3-7-13(14)16/h1-8,16-17H,9-10H2,(H,18,19)/p-1. The summed E-state index contributed by atoms with van der Waals surface area (Å²) in [6.07, 6.45) is 0. The Kier molecular flexibility index (Phi) is 3.76. The summed E-state index contributed by atoms with van der Waals surface area (Å²) in [5.74, 6) is -0.187. The van der Waals surface area contributed by atoms with Crippen molar-refractivity contribution < 1.29 is 9.90 Å². The van der Waals surface area contributed by atoms with Crippen molar-refractivity contribution in [3.63, 3.8) is 0 Å². The minimum Gasteiger partial charge on any atom is -0.549 e. The summed E-state index contributed by atoms with van der Waals surface area (Å²) in [5.41, 5.74) is 3.51. The van der Waals surface area contributed by atoms with Crippen LogP contribution >= 0.6 is 11.8 Å². The third kappa shape index (κ3) is 2.57. The van der Waals surface area contributed by atoms with Crippen LogP contribution in [-0.2, 0) is 10.5 Å². The lowest BCUT2D eigenvalue weighted by Gasteiger charge is -2.21. The summed E-state index contributed by atoms with van der Waals surface area (Å²) >= 11 is 1.79. The Balaban J connectivity index is 2.06. The lowest BCUT2D eigenvalue weighted by Crippen LogP contribution is -2.37. The summed E-state index contributed by atoms with van der Waals surface area (Å²) in [7, 11) is 0. The number of rotatable bonds is 3. The molecule has 0 aliphatic carbocycles. The van der Waals surface area contributed by atoms with E-state index in [1.807, 2.05) is 24.3 Å². The van der Waals surface area contributed by atoms with Crippen molar-refractivity contribution in [1.29, 1.82) is 0 Å². The Labute approximate surface area is 122 Å². The normalized spacial score (nSPS) is 16.9. The van der Waals surface area contributed by atoms with Crippen molar-refractivity contribution >= 4 is 17.7 Å². The third-order valence-corrected chi connectivity index (χ3v) is 4.57. The van der Waals surface area contributed by atoms with Gasteiger partial charge in [-0.15, -0.1) is 11.8 Å². The molecule has 3 rings (SSSR count). The monoisotopic (exact) mass is 284 g/mol. The molecule has 20 heavy (non-hydrogen) atoms. The van der Waals surface area contributed by atoms with Crippen LogP contribution in [0.2, 0.25) is 0 Å². The number of thioether (sulfide) groups is 1. The number of carbonyl (C=O) groups is 1. The van der Waals surface area contributed by atoms with Crippen molar-refractivity contribution in [2.45, 2.75) is 16.7 Å². The maximum atomic E-state index is 10.8. The molecule has 2 aromatic carbocycles. The van der Waals surface area contributed by atoms with E-state index >= 15 is 0 Å². The van der Waals surface area contributed by atoms with E-state index in [1.54, 1.807) is 11.8 Å². The Morgan fingerprint density at radius 3 is 2.65 bits per heavy atom. The number of benzene rings is 2. The quantitative estimate of drug-likeness (QED) is 0.932. The molecule has 0 aromatic heterocycles. The number of hydrogen-bond acceptors (Lipinski definition) is 4. The molecule has 0 saturated heterocycles. The van der Waals surface area contributed by atoms with Crippen LogP contribution in [0.1, 0.15) is 22.7 Å². The second-order valence-electron chi connectivity index (χ2n) is 4.71. The van der Waals surface area contributed by atoms with Gasteiger partial charge in [-0.25, -0.2) is 0 Å². The SMILES string of the molecule is O=C([O-])CNC1c2ccccc2CSc2ccccc21. The number of hydrogen-bond donors (Lipinski definition) is 1. The Hall–Kier alpha value is -1.78. The van der Waals surface area contributed by atoms with Gasteiger partial charge >= 0.3 is 0 Å². The molecule has 4 heteroatoms. The number of nitrogens with one attached hydrogen (secondary N) is 1. The Bertz CT molecular complexity index is 594. The average molecular weight is 284 g/mol. The second kappa shape index (κ2) is 5.69. The van der Waals surface area contributed by atoms with E-state index < -0.39 is 5.97 Å². The topological polar surface area (TPSA) is 52.2 Å². The predicted molar refractivity (Wildman–Crippen MR) is 77.3 cm³/mol. The molecule has 1 heterocycles. The van der Waals surface area contributed by atoms with Crippen molar-refractivity contribution in [3.8, 4) is 0 Å². The molecule has 0 radical (unpaired) electrons. The summed E-state index contributed by atoms with van der Waals surface area (Å²) < 4.78 is 0. The fourth-order valence-corrected chi connectivity index (χ4v) is 3.63. The van der Waals surface area contributed by atoms with E-state index in [1.165, 1.54) is 10.5 Å². The van der Waals surface area contributed by atoms with E-state index in [0.717, 1.165) is 16.9 Å². The van der Waals surface area contributed by atoms with Gasteiger partial charge in [-0.2, -0.15) is 0 Å². The first-order chi connectivity index (χ1) is 9.75. The molecule has 1 aliphatic rings. The van der Waals surface area contributed by atoms with Gasteiger partial charge in [0.05, 0.1) is 12.0 Å². The van der Waals surface area contributed by atoms with Crippen LogP contribution in [0, 0.1) is 0 Å². The molecule has 102 valence electrons. The molecule has 0 fully saturated rings. The summed E-state index contributed by atoms with van der Waals surface area (Å²) in [5, 5.41) is 13.9. The highest BCUT2D eigenvalue weighted by Crippen LogP contribution is 2.38. The van der Waals surface area contributed by atoms with E-state index in [2.05, 4.69) is 29.6 Å². The zero-order chi connectivity index (χ0) is 13.9. The minimum atomic E-state index is -1.09. The van der Waals surface area contributed by atoms with Crippen LogP contribution < -0.4 is 10.4 Å². The van der Waals surface area contributed by atoms with Gasteiger partial charge in [0.2, 0.25) is 0 Å². The van der Waals surface area contributed by atoms with Crippen molar-refractivity contribution in [3.05, 3.63) is 65.2 Å². The molecule has 0 spiro atoms. The van der Waals surface area contributed by atoms with Gasteiger partial charge in [-0.1, -0.05) is 42.5 Å². The van der Waals surface area contributed by atoms with E-state index in [0.29, 0.717) is 0 Å². The lowest BCUT2D eigenvalue weighted by atomic mass is 9.95. The second-order valence-corrected chi connectivity index (χ2v) is 5.73. The first-order valence-electron chi connectivity index (χ1n) is 6.48. The van der Waals surface area contributed by atoms with Gasteiger partial charge in [-0.05, 0) is 22.8 Å². The molecular weight excluding hydrogens is 270 g/mol. The molecule has 0 bridgehead atoms. The Morgan fingerprint density at radius 2 is 1.85 bits per heavy atom. The summed E-state index contributed by atoms with van der Waals surface area (Å²) in [6.45, 7) is -0.155. The summed E-state index contributed by atoms with van der Waals surface area (Å²) in [6, 6.07) is 16.2. The maximum Gasteiger partial charge on any atom is 0.0593 e. The first-order valence-corrected chi connectivity index (χ1v) is 7.47. The molecular formula is C16H14NO2S-. The van der Waals surface area contributed by atoms with E-state index in [-0.39, 0.29) is 12.6 Å². The number of carboxylic acid groups (broad SMARTS) is 1. The van der Waals surface area contributed by atoms with Gasteiger partial charge in [0.15, 0.2) is 0 Å². The van der Waals surface area contributed by atoms with Gasteiger partial charge in [0.1, 0.15) is 0 Å². The maximum absolute atomic E-state index is 10.8. The van der Waals surface area contributed by atoms with Crippen LogP contribution in [0.15, 0.2) is 53.4 Å². The molecule has 1 atom stereocenters. The first kappa shape index (κ1) is 13.2. The highest BCUT2D eigenvalue weighted by molar-refractivity contribution is 7.98. The third-order valence-electron chi connectivity index (χ3n) is 3.43. The van der Waals surface area contributed by atoms with Crippen LogP contribution in [0.5, 0.6) is 0 Å². The fourth-order valence-electron chi connectivity index (χ4n) is 2.53. The van der Waals surface area contributed by atoms with Crippen LogP contribution in [0.4, 0.5) is 0 Å². The highest BCUT2D eigenvalue weighted by atomic mass is 32.2. The predicted octanol–water partition coefficient (Wildman–Crippen LogP) is 1.72. The number of carboxylic acids is 1. The molecule has 0 saturated carbocycles. The van der Waals surface area contributed by atoms with Gasteiger partial charge in [0, 0.05) is 17.2 Å². The smallest absolute Gasteiger partial charge is 0.0593 e. The van der Waals surface area contributed by atoms with Crippen LogP contribution in [0.25, 0.3) is 0 Å². The van der Waals surface area contributed by atoms with E-state index in [4.69, 9.17) is 0 Å². The van der Waals surface area contributed by atoms with Crippen LogP contribution in [-0.4, -0.2) is 12.5 Å². The van der Waals surface area contributed by atoms with Gasteiger partial charge in [0.25, 0.3) is 0 Å². The fraction of sp³-hybridized carbons (Fsp3) is 0.188. The van der Waals surface area contributed by atoms with Crippen molar-refractivity contribution in [2.75, 3.05) is 6.54 Å². The molecule has 1 N–H and O–H groups in total. The summed E-state index contributed by atoms with van der Waals surface area (Å²) in [4.78, 5) is 12.0.